The summed E-state index contributed by atoms with van der Waals surface area (Å²) >= 11 is 3.43. The highest BCUT2D eigenvalue weighted by molar-refractivity contribution is 9.10. The molecule has 0 heterocycles. The van der Waals surface area contributed by atoms with Gasteiger partial charge in [-0.15, -0.1) is 0 Å². The van der Waals surface area contributed by atoms with Crippen molar-refractivity contribution >= 4 is 43.5 Å². The molecule has 0 aromatic heterocycles. The van der Waals surface area contributed by atoms with Crippen LogP contribution in [0.4, 0.5) is 5.69 Å². The number of sulfonamides is 1. The van der Waals surface area contributed by atoms with Gasteiger partial charge in [-0.3, -0.25) is 13.9 Å². The first-order valence-corrected chi connectivity index (χ1v) is 17.0. The van der Waals surface area contributed by atoms with Gasteiger partial charge in [-0.05, 0) is 60.0 Å². The van der Waals surface area contributed by atoms with Crippen molar-refractivity contribution in [3.63, 3.8) is 0 Å². The molecule has 8 nitrogen and oxygen atoms in total. The standard InChI is InChI=1S/C35H38BrN3O5S/c1-3-4-21-37-35(41)33(23-27-13-7-5-8-14-27)38(25-28-15-11-18-31(22-28)44-2)34(40)26-39(30-17-12-16-29(36)24-30)45(42,43)32-19-9-6-10-20-32/h5-20,22,24,33H,3-4,21,23,25-26H2,1-2H3,(H,37,41)/t33-/m0/s1. The number of anilines is 1. The van der Waals surface area contributed by atoms with E-state index in [1.165, 1.54) is 17.0 Å². The lowest BCUT2D eigenvalue weighted by Gasteiger charge is -2.34. The fourth-order valence-electron chi connectivity index (χ4n) is 4.91. The number of carbonyl (C=O) groups is 2. The van der Waals surface area contributed by atoms with Crippen LogP contribution in [0, 0.1) is 0 Å². The molecule has 0 fully saturated rings. The molecule has 0 bridgehead atoms. The first-order valence-electron chi connectivity index (χ1n) is 14.8. The van der Waals surface area contributed by atoms with Crippen LogP contribution in [0.2, 0.25) is 0 Å². The van der Waals surface area contributed by atoms with Crippen molar-refractivity contribution in [2.75, 3.05) is 24.5 Å². The third kappa shape index (κ3) is 9.18. The van der Waals surface area contributed by atoms with Gasteiger partial charge in [-0.1, -0.05) is 96.0 Å². The molecule has 1 atom stereocenters. The smallest absolute Gasteiger partial charge is 0.264 e. The lowest BCUT2D eigenvalue weighted by atomic mass is 10.0. The molecule has 45 heavy (non-hydrogen) atoms. The summed E-state index contributed by atoms with van der Waals surface area (Å²) in [6, 6.07) is 30.6. The van der Waals surface area contributed by atoms with Crippen molar-refractivity contribution in [2.45, 2.75) is 43.7 Å². The van der Waals surface area contributed by atoms with Gasteiger partial charge in [0.1, 0.15) is 18.3 Å². The molecule has 0 aliphatic carbocycles. The van der Waals surface area contributed by atoms with E-state index in [9.17, 15) is 18.0 Å². The predicted octanol–water partition coefficient (Wildman–Crippen LogP) is 6.21. The molecule has 4 rings (SSSR count). The van der Waals surface area contributed by atoms with Crippen LogP contribution in [-0.4, -0.2) is 51.4 Å². The van der Waals surface area contributed by atoms with E-state index in [1.54, 1.807) is 55.6 Å². The highest BCUT2D eigenvalue weighted by Crippen LogP contribution is 2.27. The summed E-state index contributed by atoms with van der Waals surface area (Å²) < 4.78 is 35.3. The summed E-state index contributed by atoms with van der Waals surface area (Å²) in [6.45, 7) is 2.04. The summed E-state index contributed by atoms with van der Waals surface area (Å²) in [5.74, 6) is -0.221. The summed E-state index contributed by atoms with van der Waals surface area (Å²) in [5, 5.41) is 3.00. The maximum absolute atomic E-state index is 14.5. The van der Waals surface area contributed by atoms with Crippen molar-refractivity contribution in [1.29, 1.82) is 0 Å². The van der Waals surface area contributed by atoms with Gasteiger partial charge in [0.25, 0.3) is 10.0 Å². The molecule has 0 spiro atoms. The summed E-state index contributed by atoms with van der Waals surface area (Å²) in [4.78, 5) is 29.9. The molecule has 2 amide bonds. The number of unbranched alkanes of at least 4 members (excludes halogenated alkanes) is 1. The first-order chi connectivity index (χ1) is 21.7. The summed E-state index contributed by atoms with van der Waals surface area (Å²) in [6.07, 6.45) is 1.94. The highest BCUT2D eigenvalue weighted by Gasteiger charge is 2.34. The number of ether oxygens (including phenoxy) is 1. The molecule has 0 saturated carbocycles. The minimum atomic E-state index is -4.16. The topological polar surface area (TPSA) is 96.0 Å². The first kappa shape index (κ1) is 33.7. The Bertz CT molecular complexity index is 1670. The van der Waals surface area contributed by atoms with E-state index in [0.29, 0.717) is 22.5 Å². The zero-order valence-corrected chi connectivity index (χ0v) is 27.8. The molecule has 10 heteroatoms. The molecule has 0 radical (unpaired) electrons. The average Bonchev–Trinajstić information content (AvgIpc) is 3.06. The van der Waals surface area contributed by atoms with E-state index in [4.69, 9.17) is 4.74 Å². The highest BCUT2D eigenvalue weighted by atomic mass is 79.9. The minimum Gasteiger partial charge on any atom is -0.497 e. The Morgan fingerprint density at radius 1 is 0.867 bits per heavy atom. The number of nitrogens with zero attached hydrogens (tertiary/aromatic N) is 2. The van der Waals surface area contributed by atoms with Crippen LogP contribution < -0.4 is 14.4 Å². The van der Waals surface area contributed by atoms with Crippen molar-refractivity contribution in [3.05, 3.63) is 125 Å². The second-order valence-corrected chi connectivity index (χ2v) is 13.3. The molecule has 4 aromatic carbocycles. The van der Waals surface area contributed by atoms with Gasteiger partial charge in [0, 0.05) is 24.0 Å². The number of carbonyl (C=O) groups excluding carboxylic acids is 2. The average molecular weight is 693 g/mol. The largest absolute Gasteiger partial charge is 0.497 e. The van der Waals surface area contributed by atoms with E-state index in [0.717, 1.165) is 28.3 Å². The van der Waals surface area contributed by atoms with Crippen LogP contribution in [0.5, 0.6) is 5.75 Å². The number of halogens is 1. The van der Waals surface area contributed by atoms with Gasteiger partial charge in [0.05, 0.1) is 17.7 Å². The van der Waals surface area contributed by atoms with Gasteiger partial charge in [-0.25, -0.2) is 8.42 Å². The van der Waals surface area contributed by atoms with Crippen LogP contribution in [0.1, 0.15) is 30.9 Å². The Hall–Kier alpha value is -4.15. The zero-order chi connectivity index (χ0) is 32.2. The van der Waals surface area contributed by atoms with Crippen LogP contribution in [-0.2, 0) is 32.6 Å². The second-order valence-electron chi connectivity index (χ2n) is 10.5. The number of rotatable bonds is 15. The van der Waals surface area contributed by atoms with Crippen molar-refractivity contribution in [3.8, 4) is 5.75 Å². The van der Waals surface area contributed by atoms with Gasteiger partial charge in [0.2, 0.25) is 11.8 Å². The Labute approximate surface area is 274 Å². The number of hydrogen-bond acceptors (Lipinski definition) is 5. The van der Waals surface area contributed by atoms with Crippen LogP contribution in [0.15, 0.2) is 119 Å². The van der Waals surface area contributed by atoms with Crippen molar-refractivity contribution < 1.29 is 22.7 Å². The normalized spacial score (nSPS) is 11.8. The molecule has 0 saturated heterocycles. The quantitative estimate of drug-likeness (QED) is 0.150. The fraction of sp³-hybridized carbons (Fsp3) is 0.257. The zero-order valence-electron chi connectivity index (χ0n) is 25.4. The lowest BCUT2D eigenvalue weighted by Crippen LogP contribution is -2.53. The number of methoxy groups -OCH3 is 1. The Balaban J connectivity index is 1.79. The second kappa shape index (κ2) is 16.2. The summed E-state index contributed by atoms with van der Waals surface area (Å²) in [7, 11) is -2.60. The maximum Gasteiger partial charge on any atom is 0.264 e. The number of benzene rings is 4. The lowest BCUT2D eigenvalue weighted by molar-refractivity contribution is -0.140. The Morgan fingerprint density at radius 3 is 2.20 bits per heavy atom. The molecule has 0 unspecified atom stereocenters. The Kier molecular flexibility index (Phi) is 12.2. The fourth-order valence-corrected chi connectivity index (χ4v) is 6.72. The predicted molar refractivity (Wildman–Crippen MR) is 181 cm³/mol. The molecule has 236 valence electrons. The van der Waals surface area contributed by atoms with E-state index in [2.05, 4.69) is 21.2 Å². The molecule has 0 aliphatic rings. The number of hydrogen-bond donors (Lipinski definition) is 1. The van der Waals surface area contributed by atoms with Gasteiger partial charge < -0.3 is 15.0 Å². The van der Waals surface area contributed by atoms with Gasteiger partial charge >= 0.3 is 0 Å². The van der Waals surface area contributed by atoms with Crippen LogP contribution >= 0.6 is 15.9 Å². The third-order valence-electron chi connectivity index (χ3n) is 7.29. The molecular weight excluding hydrogens is 654 g/mol. The van der Waals surface area contributed by atoms with E-state index >= 15 is 0 Å². The molecule has 4 aromatic rings. The molecule has 1 N–H and O–H groups in total. The van der Waals surface area contributed by atoms with Crippen molar-refractivity contribution in [1.82, 2.24) is 10.2 Å². The van der Waals surface area contributed by atoms with E-state index in [1.807, 2.05) is 55.5 Å². The SMILES string of the molecule is CCCCNC(=O)[C@H](Cc1ccccc1)N(Cc1cccc(OC)c1)C(=O)CN(c1cccc(Br)c1)S(=O)(=O)c1ccccc1. The maximum atomic E-state index is 14.5. The van der Waals surface area contributed by atoms with Crippen molar-refractivity contribution in [2.24, 2.45) is 0 Å². The monoisotopic (exact) mass is 691 g/mol. The van der Waals surface area contributed by atoms with Crippen LogP contribution in [0.25, 0.3) is 0 Å². The molecular formula is C35H38BrN3O5S. The van der Waals surface area contributed by atoms with Gasteiger partial charge in [-0.2, -0.15) is 0 Å². The van der Waals surface area contributed by atoms with E-state index < -0.39 is 28.5 Å². The summed E-state index contributed by atoms with van der Waals surface area (Å²) in [5.41, 5.74) is 1.93. The minimum absolute atomic E-state index is 0.0512. The Morgan fingerprint density at radius 2 is 1.53 bits per heavy atom. The number of amides is 2. The third-order valence-corrected chi connectivity index (χ3v) is 9.58. The van der Waals surface area contributed by atoms with Crippen LogP contribution in [0.3, 0.4) is 0 Å². The van der Waals surface area contributed by atoms with Gasteiger partial charge in [0.15, 0.2) is 0 Å². The molecule has 0 aliphatic heterocycles. The number of nitrogens with one attached hydrogen (secondary N) is 1. The van der Waals surface area contributed by atoms with E-state index in [-0.39, 0.29) is 23.8 Å².